The van der Waals surface area contributed by atoms with Gasteiger partial charge in [0.15, 0.2) is 0 Å². The average molecular weight is 308 g/mol. The number of hydrogen-bond acceptors (Lipinski definition) is 3. The van der Waals surface area contributed by atoms with Gasteiger partial charge in [0.1, 0.15) is 0 Å². The van der Waals surface area contributed by atoms with Crippen molar-refractivity contribution in [1.82, 2.24) is 0 Å². The quantitative estimate of drug-likeness (QED) is 0.645. The Morgan fingerprint density at radius 3 is 2.09 bits per heavy atom. The summed E-state index contributed by atoms with van der Waals surface area (Å²) in [5.41, 5.74) is 0.327. The SMILES string of the molecule is C[C@]12CC[C@H]3[C@@H](CCC4[C@@H](O)[C@@H](O)CC[C@@]43C)[C@@H]1CC[C@@H]2O. The first kappa shape index (κ1) is 15.4. The van der Waals surface area contributed by atoms with Gasteiger partial charge in [-0.15, -0.1) is 0 Å². The monoisotopic (exact) mass is 308 g/mol. The molecule has 4 aliphatic rings. The molecule has 3 N–H and O–H groups in total. The molecule has 0 bridgehead atoms. The van der Waals surface area contributed by atoms with Gasteiger partial charge in [-0.1, -0.05) is 13.8 Å². The predicted molar refractivity (Wildman–Crippen MR) is 85.1 cm³/mol. The van der Waals surface area contributed by atoms with Gasteiger partial charge >= 0.3 is 0 Å². The normalized spacial score (nSPS) is 61.2. The fourth-order valence-electron chi connectivity index (χ4n) is 7.29. The Hall–Kier alpha value is -0.120. The van der Waals surface area contributed by atoms with Crippen molar-refractivity contribution in [2.75, 3.05) is 0 Å². The molecule has 4 aliphatic carbocycles. The number of rotatable bonds is 0. The van der Waals surface area contributed by atoms with Gasteiger partial charge in [-0.3, -0.25) is 0 Å². The molecule has 1 unspecified atom stereocenters. The summed E-state index contributed by atoms with van der Waals surface area (Å²) in [5, 5.41) is 31.1. The molecule has 126 valence electrons. The molecule has 0 aromatic heterocycles. The van der Waals surface area contributed by atoms with Crippen LogP contribution in [-0.2, 0) is 0 Å². The van der Waals surface area contributed by atoms with E-state index in [0.29, 0.717) is 11.8 Å². The largest absolute Gasteiger partial charge is 0.393 e. The van der Waals surface area contributed by atoms with Crippen LogP contribution in [0.5, 0.6) is 0 Å². The molecule has 4 rings (SSSR count). The van der Waals surface area contributed by atoms with Gasteiger partial charge in [-0.25, -0.2) is 0 Å². The first-order chi connectivity index (χ1) is 10.4. The Morgan fingerprint density at radius 2 is 1.32 bits per heavy atom. The maximum absolute atomic E-state index is 10.5. The predicted octanol–water partition coefficient (Wildman–Crippen LogP) is 2.72. The van der Waals surface area contributed by atoms with E-state index in [4.69, 9.17) is 0 Å². The van der Waals surface area contributed by atoms with Crippen LogP contribution in [0.1, 0.15) is 65.2 Å². The van der Waals surface area contributed by atoms with Crippen molar-refractivity contribution in [3.63, 3.8) is 0 Å². The minimum Gasteiger partial charge on any atom is -0.393 e. The Labute approximate surface area is 134 Å². The summed E-state index contributed by atoms with van der Waals surface area (Å²) in [7, 11) is 0. The van der Waals surface area contributed by atoms with Crippen LogP contribution in [0.15, 0.2) is 0 Å². The van der Waals surface area contributed by atoms with E-state index >= 15 is 0 Å². The van der Waals surface area contributed by atoms with Crippen molar-refractivity contribution in [2.24, 2.45) is 34.5 Å². The minimum atomic E-state index is -0.526. The van der Waals surface area contributed by atoms with Crippen LogP contribution in [-0.4, -0.2) is 33.6 Å². The van der Waals surface area contributed by atoms with Crippen LogP contribution in [0, 0.1) is 34.5 Å². The van der Waals surface area contributed by atoms with Gasteiger partial charge in [-0.2, -0.15) is 0 Å². The molecule has 3 heteroatoms. The lowest BCUT2D eigenvalue weighted by Gasteiger charge is -2.61. The molecule has 3 nitrogen and oxygen atoms in total. The van der Waals surface area contributed by atoms with Crippen LogP contribution in [0.2, 0.25) is 0 Å². The molecule has 0 radical (unpaired) electrons. The molecule has 9 atom stereocenters. The molecular formula is C19H32O3. The Bertz CT molecular complexity index is 452. The zero-order chi connectivity index (χ0) is 15.7. The highest BCUT2D eigenvalue weighted by Crippen LogP contribution is 2.66. The second-order valence-electron chi connectivity index (χ2n) is 9.30. The average Bonchev–Trinajstić information content (AvgIpc) is 2.79. The topological polar surface area (TPSA) is 60.7 Å². The molecule has 22 heavy (non-hydrogen) atoms. The number of aliphatic hydroxyl groups excluding tert-OH is 3. The van der Waals surface area contributed by atoms with E-state index in [2.05, 4.69) is 13.8 Å². The summed E-state index contributed by atoms with van der Waals surface area (Å²) >= 11 is 0. The molecular weight excluding hydrogens is 276 g/mol. The summed E-state index contributed by atoms with van der Waals surface area (Å²) in [4.78, 5) is 0. The second-order valence-corrected chi connectivity index (χ2v) is 9.30. The molecule has 0 heterocycles. The van der Waals surface area contributed by atoms with Crippen molar-refractivity contribution in [3.8, 4) is 0 Å². The second kappa shape index (κ2) is 4.94. The van der Waals surface area contributed by atoms with Crippen molar-refractivity contribution in [3.05, 3.63) is 0 Å². The van der Waals surface area contributed by atoms with Crippen LogP contribution < -0.4 is 0 Å². The fourth-order valence-corrected chi connectivity index (χ4v) is 7.29. The first-order valence-corrected chi connectivity index (χ1v) is 9.42. The van der Waals surface area contributed by atoms with Crippen molar-refractivity contribution >= 4 is 0 Å². The third kappa shape index (κ3) is 1.85. The third-order valence-electron chi connectivity index (χ3n) is 8.68. The van der Waals surface area contributed by atoms with Gasteiger partial charge in [-0.05, 0) is 85.9 Å². The zero-order valence-corrected chi connectivity index (χ0v) is 14.0. The van der Waals surface area contributed by atoms with E-state index in [1.807, 2.05) is 0 Å². The molecule has 0 aliphatic heterocycles. The van der Waals surface area contributed by atoms with Gasteiger partial charge in [0.05, 0.1) is 18.3 Å². The van der Waals surface area contributed by atoms with Gasteiger partial charge in [0, 0.05) is 0 Å². The summed E-state index contributed by atoms with van der Waals surface area (Å²) in [6, 6.07) is 0. The standard InChI is InChI=1S/C19H32O3/c1-18-10-8-15(20)17(22)14(18)4-3-11-12-5-6-16(21)19(12,2)9-7-13(11)18/h11-17,20-22H,3-10H2,1-2H3/t11-,12-,13-,14?,15-,16-,17+,18+,19-/m0/s1. The summed E-state index contributed by atoms with van der Waals surface area (Å²) < 4.78 is 0. The highest BCUT2D eigenvalue weighted by molar-refractivity contribution is 5.10. The number of hydrogen-bond donors (Lipinski definition) is 3. The third-order valence-corrected chi connectivity index (χ3v) is 8.68. The van der Waals surface area contributed by atoms with Gasteiger partial charge in [0.25, 0.3) is 0 Å². The van der Waals surface area contributed by atoms with Gasteiger partial charge in [0.2, 0.25) is 0 Å². The molecule has 0 aromatic carbocycles. The van der Waals surface area contributed by atoms with Crippen LogP contribution >= 0.6 is 0 Å². The van der Waals surface area contributed by atoms with E-state index in [0.717, 1.165) is 38.0 Å². The summed E-state index contributed by atoms with van der Waals surface area (Å²) in [6.45, 7) is 4.71. The summed E-state index contributed by atoms with van der Waals surface area (Å²) in [6.07, 6.45) is 7.40. The van der Waals surface area contributed by atoms with Crippen LogP contribution in [0.4, 0.5) is 0 Å². The van der Waals surface area contributed by atoms with Crippen molar-refractivity contribution in [1.29, 1.82) is 0 Å². The zero-order valence-electron chi connectivity index (χ0n) is 14.0. The highest BCUT2D eigenvalue weighted by atomic mass is 16.3. The van der Waals surface area contributed by atoms with E-state index < -0.39 is 12.2 Å². The minimum absolute atomic E-state index is 0.109. The lowest BCUT2D eigenvalue weighted by molar-refractivity contribution is -0.176. The Balaban J connectivity index is 1.64. The van der Waals surface area contributed by atoms with Crippen LogP contribution in [0.25, 0.3) is 0 Å². The summed E-state index contributed by atoms with van der Waals surface area (Å²) in [5.74, 6) is 2.34. The van der Waals surface area contributed by atoms with Crippen molar-refractivity contribution < 1.29 is 15.3 Å². The molecule has 4 saturated carbocycles. The molecule has 0 aromatic rings. The maximum atomic E-state index is 10.5. The van der Waals surface area contributed by atoms with Crippen LogP contribution in [0.3, 0.4) is 0 Å². The maximum Gasteiger partial charge on any atom is 0.0832 e. The van der Waals surface area contributed by atoms with E-state index in [9.17, 15) is 15.3 Å². The van der Waals surface area contributed by atoms with E-state index in [1.165, 1.54) is 19.3 Å². The smallest absolute Gasteiger partial charge is 0.0832 e. The number of fused-ring (bicyclic) bond motifs is 5. The van der Waals surface area contributed by atoms with Crippen molar-refractivity contribution in [2.45, 2.75) is 83.5 Å². The Kier molecular flexibility index (Phi) is 3.46. The molecule has 0 saturated heterocycles. The molecule has 0 amide bonds. The highest BCUT2D eigenvalue weighted by Gasteiger charge is 2.61. The van der Waals surface area contributed by atoms with E-state index in [-0.39, 0.29) is 22.9 Å². The first-order valence-electron chi connectivity index (χ1n) is 9.42. The molecule has 0 spiro atoms. The Morgan fingerprint density at radius 1 is 0.682 bits per heavy atom. The fraction of sp³-hybridized carbons (Fsp3) is 1.00. The lowest BCUT2D eigenvalue weighted by atomic mass is 9.44. The molecule has 4 fully saturated rings. The van der Waals surface area contributed by atoms with E-state index in [1.54, 1.807) is 0 Å². The number of aliphatic hydroxyl groups is 3. The lowest BCUT2D eigenvalue weighted by Crippen LogP contribution is -2.58. The van der Waals surface area contributed by atoms with Gasteiger partial charge < -0.3 is 15.3 Å².